The molecule has 2 aromatic carbocycles. The van der Waals surface area contributed by atoms with Crippen LogP contribution >= 0.6 is 23.2 Å². The highest BCUT2D eigenvalue weighted by Gasteiger charge is 2.13. The first-order valence-electron chi connectivity index (χ1n) is 7.67. The zero-order chi connectivity index (χ0) is 19.1. The van der Waals surface area contributed by atoms with E-state index in [2.05, 4.69) is 11.9 Å². The molecule has 0 aromatic heterocycles. The van der Waals surface area contributed by atoms with Crippen molar-refractivity contribution in [2.24, 2.45) is 0 Å². The quantitative estimate of drug-likeness (QED) is 0.409. The van der Waals surface area contributed by atoms with E-state index in [-0.39, 0.29) is 22.2 Å². The first-order chi connectivity index (χ1) is 12.4. The van der Waals surface area contributed by atoms with Gasteiger partial charge < -0.3 is 10.1 Å². The predicted molar refractivity (Wildman–Crippen MR) is 106 cm³/mol. The van der Waals surface area contributed by atoms with Crippen molar-refractivity contribution in [3.8, 4) is 11.8 Å². The topological polar surface area (TPSA) is 62.1 Å². The lowest BCUT2D eigenvalue weighted by molar-refractivity contribution is -0.112. The van der Waals surface area contributed by atoms with Crippen LogP contribution in [-0.2, 0) is 4.79 Å². The summed E-state index contributed by atoms with van der Waals surface area (Å²) in [6, 6.07) is 12.3. The Bertz CT molecular complexity index is 891. The SMILES string of the molecule is C=CCOc1c(Cl)cc(/C=C(/C#N)C(=O)Nc2cccc(C)c2)cc1Cl. The summed E-state index contributed by atoms with van der Waals surface area (Å²) >= 11 is 12.3. The Balaban J connectivity index is 2.26. The number of amides is 1. The first-order valence-corrected chi connectivity index (χ1v) is 8.42. The number of nitrogens with zero attached hydrogens (tertiary/aromatic N) is 1. The van der Waals surface area contributed by atoms with Crippen molar-refractivity contribution in [1.29, 1.82) is 5.26 Å². The summed E-state index contributed by atoms with van der Waals surface area (Å²) in [6.07, 6.45) is 2.99. The highest BCUT2D eigenvalue weighted by Crippen LogP contribution is 2.35. The van der Waals surface area contributed by atoms with Gasteiger partial charge in [-0.05, 0) is 48.4 Å². The van der Waals surface area contributed by atoms with E-state index >= 15 is 0 Å². The van der Waals surface area contributed by atoms with Crippen LogP contribution in [0.3, 0.4) is 0 Å². The van der Waals surface area contributed by atoms with Gasteiger partial charge in [0.15, 0.2) is 5.75 Å². The normalized spacial score (nSPS) is 10.8. The van der Waals surface area contributed by atoms with E-state index in [1.165, 1.54) is 6.08 Å². The fraction of sp³-hybridized carbons (Fsp3) is 0.100. The predicted octanol–water partition coefficient (Wildman–Crippen LogP) is 5.41. The molecule has 0 aliphatic carbocycles. The molecule has 0 atom stereocenters. The average Bonchev–Trinajstić information content (AvgIpc) is 2.59. The lowest BCUT2D eigenvalue weighted by Gasteiger charge is -2.09. The molecule has 26 heavy (non-hydrogen) atoms. The molecule has 0 fully saturated rings. The van der Waals surface area contributed by atoms with Gasteiger partial charge in [-0.2, -0.15) is 5.26 Å². The second kappa shape index (κ2) is 9.10. The molecule has 4 nitrogen and oxygen atoms in total. The highest BCUT2D eigenvalue weighted by atomic mass is 35.5. The van der Waals surface area contributed by atoms with E-state index in [1.807, 2.05) is 31.2 Å². The Morgan fingerprint density at radius 1 is 1.31 bits per heavy atom. The number of hydrogen-bond acceptors (Lipinski definition) is 3. The second-order valence-corrected chi connectivity index (χ2v) is 6.22. The van der Waals surface area contributed by atoms with E-state index in [0.29, 0.717) is 17.0 Å². The Hall–Kier alpha value is -2.74. The molecule has 0 spiro atoms. The van der Waals surface area contributed by atoms with E-state index in [0.717, 1.165) is 5.56 Å². The molecular weight excluding hydrogens is 371 g/mol. The van der Waals surface area contributed by atoms with Crippen LogP contribution in [0.1, 0.15) is 11.1 Å². The number of nitriles is 1. The van der Waals surface area contributed by atoms with Gasteiger partial charge in [0.05, 0.1) is 10.0 Å². The van der Waals surface area contributed by atoms with Gasteiger partial charge in [-0.25, -0.2) is 0 Å². The number of carbonyl (C=O) groups excluding carboxylic acids is 1. The standard InChI is InChI=1S/C20H16Cl2N2O2/c1-3-7-26-19-17(21)10-14(11-18(19)22)9-15(12-23)20(25)24-16-6-4-5-13(2)8-16/h3-6,8-11H,1,7H2,2H3,(H,24,25)/b15-9-. The van der Waals surface area contributed by atoms with Crippen LogP contribution in [0.15, 0.2) is 54.6 Å². The lowest BCUT2D eigenvalue weighted by Crippen LogP contribution is -2.13. The van der Waals surface area contributed by atoms with Crippen molar-refractivity contribution >= 4 is 40.9 Å². The van der Waals surface area contributed by atoms with Crippen LogP contribution in [0.4, 0.5) is 5.69 Å². The van der Waals surface area contributed by atoms with E-state index < -0.39 is 5.91 Å². The zero-order valence-corrected chi connectivity index (χ0v) is 15.6. The van der Waals surface area contributed by atoms with Crippen LogP contribution in [0.2, 0.25) is 10.0 Å². The van der Waals surface area contributed by atoms with Crippen LogP contribution in [0.5, 0.6) is 5.75 Å². The van der Waals surface area contributed by atoms with Gasteiger partial charge in [-0.15, -0.1) is 0 Å². The maximum absolute atomic E-state index is 12.3. The second-order valence-electron chi connectivity index (χ2n) is 5.41. The minimum absolute atomic E-state index is 0.0709. The Kier molecular flexibility index (Phi) is 6.85. The molecule has 0 bridgehead atoms. The minimum Gasteiger partial charge on any atom is -0.486 e. The molecule has 6 heteroatoms. The molecule has 0 saturated heterocycles. The molecule has 0 aliphatic rings. The van der Waals surface area contributed by atoms with Crippen LogP contribution < -0.4 is 10.1 Å². The molecule has 2 rings (SSSR count). The lowest BCUT2D eigenvalue weighted by atomic mass is 10.1. The van der Waals surface area contributed by atoms with Crippen LogP contribution in [0, 0.1) is 18.3 Å². The Morgan fingerprint density at radius 2 is 2.00 bits per heavy atom. The average molecular weight is 387 g/mol. The molecule has 1 amide bonds. The maximum atomic E-state index is 12.3. The molecular formula is C20H16Cl2N2O2. The molecule has 2 aromatic rings. The summed E-state index contributed by atoms with van der Waals surface area (Å²) in [4.78, 5) is 12.3. The van der Waals surface area contributed by atoms with Gasteiger partial charge in [-0.1, -0.05) is 48.0 Å². The number of ether oxygens (including phenoxy) is 1. The molecule has 0 aliphatic heterocycles. The summed E-state index contributed by atoms with van der Waals surface area (Å²) in [5.41, 5.74) is 2.06. The van der Waals surface area contributed by atoms with Gasteiger partial charge in [0.2, 0.25) is 0 Å². The van der Waals surface area contributed by atoms with E-state index in [1.54, 1.807) is 24.3 Å². The molecule has 0 saturated carbocycles. The summed E-state index contributed by atoms with van der Waals surface area (Å²) in [6.45, 7) is 5.74. The van der Waals surface area contributed by atoms with Crippen molar-refractivity contribution in [2.45, 2.75) is 6.92 Å². The third-order valence-corrected chi connectivity index (χ3v) is 3.88. The number of nitrogens with one attached hydrogen (secondary N) is 1. The number of carbonyl (C=O) groups is 1. The Labute approximate surface area is 162 Å². The number of aryl methyl sites for hydroxylation is 1. The van der Waals surface area contributed by atoms with Crippen molar-refractivity contribution in [2.75, 3.05) is 11.9 Å². The fourth-order valence-electron chi connectivity index (χ4n) is 2.18. The maximum Gasteiger partial charge on any atom is 0.266 e. The van der Waals surface area contributed by atoms with Gasteiger partial charge in [-0.3, -0.25) is 4.79 Å². The number of halogens is 2. The number of anilines is 1. The number of benzene rings is 2. The van der Waals surface area contributed by atoms with Crippen molar-refractivity contribution in [3.05, 3.63) is 75.8 Å². The van der Waals surface area contributed by atoms with Gasteiger partial charge in [0.25, 0.3) is 5.91 Å². The third-order valence-electron chi connectivity index (χ3n) is 3.32. The summed E-state index contributed by atoms with van der Waals surface area (Å²) in [5.74, 6) is -0.189. The number of rotatable bonds is 6. The minimum atomic E-state index is -0.516. The first kappa shape index (κ1) is 19.6. The third kappa shape index (κ3) is 5.13. The number of hydrogen-bond donors (Lipinski definition) is 1. The fourth-order valence-corrected chi connectivity index (χ4v) is 2.79. The molecule has 1 N–H and O–H groups in total. The van der Waals surface area contributed by atoms with Crippen LogP contribution in [0.25, 0.3) is 6.08 Å². The van der Waals surface area contributed by atoms with E-state index in [9.17, 15) is 10.1 Å². The van der Waals surface area contributed by atoms with Crippen molar-refractivity contribution in [1.82, 2.24) is 0 Å². The zero-order valence-electron chi connectivity index (χ0n) is 14.1. The monoisotopic (exact) mass is 386 g/mol. The Morgan fingerprint density at radius 3 is 2.58 bits per heavy atom. The largest absolute Gasteiger partial charge is 0.486 e. The molecule has 0 radical (unpaired) electrons. The van der Waals surface area contributed by atoms with Crippen molar-refractivity contribution < 1.29 is 9.53 Å². The van der Waals surface area contributed by atoms with Gasteiger partial charge in [0.1, 0.15) is 18.2 Å². The smallest absolute Gasteiger partial charge is 0.266 e. The molecule has 0 unspecified atom stereocenters. The van der Waals surface area contributed by atoms with Crippen LogP contribution in [-0.4, -0.2) is 12.5 Å². The van der Waals surface area contributed by atoms with Crippen molar-refractivity contribution in [3.63, 3.8) is 0 Å². The van der Waals surface area contributed by atoms with Gasteiger partial charge >= 0.3 is 0 Å². The van der Waals surface area contributed by atoms with E-state index in [4.69, 9.17) is 27.9 Å². The molecule has 132 valence electrons. The summed E-state index contributed by atoms with van der Waals surface area (Å²) < 4.78 is 5.39. The summed E-state index contributed by atoms with van der Waals surface area (Å²) in [7, 11) is 0. The van der Waals surface area contributed by atoms with Gasteiger partial charge in [0, 0.05) is 5.69 Å². The summed E-state index contributed by atoms with van der Waals surface area (Å²) in [5, 5.41) is 12.6. The molecule has 0 heterocycles. The highest BCUT2D eigenvalue weighted by molar-refractivity contribution is 6.37.